The van der Waals surface area contributed by atoms with E-state index >= 15 is 0 Å². The Morgan fingerprint density at radius 3 is 2.50 bits per heavy atom. The van der Waals surface area contributed by atoms with Crippen molar-refractivity contribution in [1.82, 2.24) is 0 Å². The number of carboxylic acids is 1. The number of nitrogens with zero attached hydrogens (tertiary/aromatic N) is 1. The number of anilines is 1. The fourth-order valence-corrected chi connectivity index (χ4v) is 2.34. The summed E-state index contributed by atoms with van der Waals surface area (Å²) in [4.78, 5) is 12.7. The molecule has 2 N–H and O–H groups in total. The molecule has 0 aliphatic rings. The monoisotopic (exact) mass is 335 g/mol. The van der Waals surface area contributed by atoms with Crippen LogP contribution in [0.4, 0.5) is 5.69 Å². The lowest BCUT2D eigenvalue weighted by Gasteiger charge is -2.23. The molecule has 104 valence electrons. The summed E-state index contributed by atoms with van der Waals surface area (Å²) in [5, 5.41) is 18.9. The number of carboxylic acid groups (broad SMARTS) is 1. The van der Waals surface area contributed by atoms with Crippen molar-refractivity contribution in [3.05, 3.63) is 58.6 Å². The number of hydrogen-bond donors (Lipinski definition) is 2. The summed E-state index contributed by atoms with van der Waals surface area (Å²) in [6, 6.07) is 14.4. The van der Waals surface area contributed by atoms with Gasteiger partial charge in [0.15, 0.2) is 0 Å². The first-order chi connectivity index (χ1) is 9.56. The number of benzene rings is 2. The Morgan fingerprint density at radius 1 is 1.15 bits per heavy atom. The highest BCUT2D eigenvalue weighted by molar-refractivity contribution is 9.10. The third-order valence-corrected chi connectivity index (χ3v) is 3.34. The average molecular weight is 336 g/mol. The van der Waals surface area contributed by atoms with Crippen molar-refractivity contribution in [3.8, 4) is 5.75 Å². The maximum absolute atomic E-state index is 11.0. The Morgan fingerprint density at radius 2 is 1.85 bits per heavy atom. The number of carbonyl (C=O) groups is 1. The van der Waals surface area contributed by atoms with Crippen LogP contribution in [0.3, 0.4) is 0 Å². The van der Waals surface area contributed by atoms with E-state index in [0.29, 0.717) is 12.1 Å². The number of aromatic hydroxyl groups is 1. The van der Waals surface area contributed by atoms with Gasteiger partial charge >= 0.3 is 5.97 Å². The van der Waals surface area contributed by atoms with E-state index in [1.54, 1.807) is 23.1 Å². The van der Waals surface area contributed by atoms with E-state index in [9.17, 15) is 9.90 Å². The summed E-state index contributed by atoms with van der Waals surface area (Å²) >= 11 is 3.35. The van der Waals surface area contributed by atoms with Crippen LogP contribution in [0.15, 0.2) is 53.0 Å². The topological polar surface area (TPSA) is 60.8 Å². The Kier molecular flexibility index (Phi) is 4.63. The Hall–Kier alpha value is -2.01. The highest BCUT2D eigenvalue weighted by atomic mass is 79.9. The van der Waals surface area contributed by atoms with E-state index in [2.05, 4.69) is 15.9 Å². The summed E-state index contributed by atoms with van der Waals surface area (Å²) < 4.78 is 0.841. The van der Waals surface area contributed by atoms with Gasteiger partial charge in [-0.2, -0.15) is 0 Å². The van der Waals surface area contributed by atoms with Gasteiger partial charge in [0.2, 0.25) is 0 Å². The van der Waals surface area contributed by atoms with E-state index in [4.69, 9.17) is 5.11 Å². The minimum Gasteiger partial charge on any atom is -0.508 e. The van der Waals surface area contributed by atoms with Crippen molar-refractivity contribution in [2.75, 3.05) is 11.4 Å². The van der Waals surface area contributed by atoms with Crippen LogP contribution in [-0.4, -0.2) is 22.7 Å². The molecule has 2 aromatic rings. The normalized spacial score (nSPS) is 10.2. The Balaban J connectivity index is 2.28. The van der Waals surface area contributed by atoms with Crippen LogP contribution in [-0.2, 0) is 11.3 Å². The zero-order valence-corrected chi connectivity index (χ0v) is 12.2. The molecule has 0 saturated heterocycles. The molecule has 0 radical (unpaired) electrons. The molecule has 20 heavy (non-hydrogen) atoms. The van der Waals surface area contributed by atoms with E-state index < -0.39 is 5.97 Å². The number of phenols is 1. The molecule has 5 heteroatoms. The van der Waals surface area contributed by atoms with E-state index in [0.717, 1.165) is 10.2 Å². The first kappa shape index (κ1) is 14.4. The molecule has 0 aliphatic carbocycles. The van der Waals surface area contributed by atoms with Crippen LogP contribution in [0.2, 0.25) is 0 Å². The number of aliphatic carboxylic acids is 1. The van der Waals surface area contributed by atoms with Crippen molar-refractivity contribution >= 4 is 27.6 Å². The van der Waals surface area contributed by atoms with Crippen LogP contribution in [0.5, 0.6) is 5.75 Å². The zero-order chi connectivity index (χ0) is 14.5. The maximum atomic E-state index is 11.0. The van der Waals surface area contributed by atoms with Crippen molar-refractivity contribution in [2.24, 2.45) is 0 Å². The molecule has 0 fully saturated rings. The Bertz CT molecular complexity index is 601. The van der Waals surface area contributed by atoms with Gasteiger partial charge in [-0.1, -0.05) is 34.1 Å². The standard InChI is InChI=1S/C15H14BrNO3/c16-12-6-7-14(18)11(8-12)9-17(10-15(19)20)13-4-2-1-3-5-13/h1-8,18H,9-10H2,(H,19,20). The molecule has 0 bridgehead atoms. The van der Waals surface area contributed by atoms with Gasteiger partial charge in [-0.3, -0.25) is 4.79 Å². The summed E-state index contributed by atoms with van der Waals surface area (Å²) in [5.41, 5.74) is 1.47. The van der Waals surface area contributed by atoms with Gasteiger partial charge in [-0.25, -0.2) is 0 Å². The second kappa shape index (κ2) is 6.43. The van der Waals surface area contributed by atoms with Crippen molar-refractivity contribution in [1.29, 1.82) is 0 Å². The van der Waals surface area contributed by atoms with Crippen LogP contribution in [0.25, 0.3) is 0 Å². The van der Waals surface area contributed by atoms with Crippen molar-refractivity contribution in [2.45, 2.75) is 6.54 Å². The van der Waals surface area contributed by atoms with Gasteiger partial charge < -0.3 is 15.1 Å². The van der Waals surface area contributed by atoms with Gasteiger partial charge in [0.25, 0.3) is 0 Å². The molecule has 0 aromatic heterocycles. The van der Waals surface area contributed by atoms with Gasteiger partial charge in [0.1, 0.15) is 12.3 Å². The quantitative estimate of drug-likeness (QED) is 0.880. The molecule has 0 unspecified atom stereocenters. The molecular formula is C15H14BrNO3. The molecule has 0 heterocycles. The molecule has 0 aliphatic heterocycles. The second-order valence-electron chi connectivity index (χ2n) is 4.36. The van der Waals surface area contributed by atoms with Crippen LogP contribution in [0, 0.1) is 0 Å². The number of hydrogen-bond acceptors (Lipinski definition) is 3. The number of para-hydroxylation sites is 1. The lowest BCUT2D eigenvalue weighted by Crippen LogP contribution is -2.29. The average Bonchev–Trinajstić information content (AvgIpc) is 2.42. The third-order valence-electron chi connectivity index (χ3n) is 2.85. The summed E-state index contributed by atoms with van der Waals surface area (Å²) in [6.07, 6.45) is 0. The molecule has 0 spiro atoms. The van der Waals surface area contributed by atoms with Crippen LogP contribution >= 0.6 is 15.9 Å². The van der Waals surface area contributed by atoms with E-state index in [1.165, 1.54) is 0 Å². The van der Waals surface area contributed by atoms with Gasteiger partial charge in [0, 0.05) is 22.3 Å². The summed E-state index contributed by atoms with van der Waals surface area (Å²) in [7, 11) is 0. The second-order valence-corrected chi connectivity index (χ2v) is 5.27. The molecule has 0 saturated carbocycles. The number of phenolic OH excluding ortho intramolecular Hbond substituents is 1. The minimum atomic E-state index is -0.914. The van der Waals surface area contributed by atoms with Crippen LogP contribution < -0.4 is 4.90 Å². The zero-order valence-electron chi connectivity index (χ0n) is 10.7. The predicted octanol–water partition coefficient (Wildman–Crippen LogP) is 3.25. The van der Waals surface area contributed by atoms with E-state index in [1.807, 2.05) is 30.3 Å². The lowest BCUT2D eigenvalue weighted by atomic mass is 10.1. The summed E-state index contributed by atoms with van der Waals surface area (Å²) in [6.45, 7) is 0.192. The third kappa shape index (κ3) is 3.74. The minimum absolute atomic E-state index is 0.129. The molecule has 2 aromatic carbocycles. The SMILES string of the molecule is O=C(O)CN(Cc1cc(Br)ccc1O)c1ccccc1. The molecule has 2 rings (SSSR count). The van der Waals surface area contributed by atoms with Crippen molar-refractivity contribution in [3.63, 3.8) is 0 Å². The molecule has 0 atom stereocenters. The fourth-order valence-electron chi connectivity index (χ4n) is 1.93. The number of rotatable bonds is 5. The van der Waals surface area contributed by atoms with Gasteiger partial charge in [-0.05, 0) is 30.3 Å². The van der Waals surface area contributed by atoms with Crippen molar-refractivity contribution < 1.29 is 15.0 Å². The maximum Gasteiger partial charge on any atom is 0.323 e. The summed E-state index contributed by atoms with van der Waals surface area (Å²) in [5.74, 6) is -0.761. The highest BCUT2D eigenvalue weighted by Gasteiger charge is 2.13. The largest absolute Gasteiger partial charge is 0.508 e. The first-order valence-corrected chi connectivity index (χ1v) is 6.85. The van der Waals surface area contributed by atoms with Gasteiger partial charge in [-0.15, -0.1) is 0 Å². The first-order valence-electron chi connectivity index (χ1n) is 6.05. The van der Waals surface area contributed by atoms with Gasteiger partial charge in [0.05, 0.1) is 0 Å². The lowest BCUT2D eigenvalue weighted by molar-refractivity contribution is -0.135. The smallest absolute Gasteiger partial charge is 0.323 e. The molecule has 0 amide bonds. The predicted molar refractivity (Wildman–Crippen MR) is 80.9 cm³/mol. The Labute approximate surface area is 125 Å². The number of halogens is 1. The highest BCUT2D eigenvalue weighted by Crippen LogP contribution is 2.25. The molecule has 4 nitrogen and oxygen atoms in total. The molecular weight excluding hydrogens is 322 g/mol. The fraction of sp³-hybridized carbons (Fsp3) is 0.133. The van der Waals surface area contributed by atoms with Crippen LogP contribution in [0.1, 0.15) is 5.56 Å². The van der Waals surface area contributed by atoms with E-state index in [-0.39, 0.29) is 12.3 Å².